The lowest BCUT2D eigenvalue weighted by atomic mass is 10.1. The van der Waals surface area contributed by atoms with Gasteiger partial charge >= 0.3 is 0 Å². The number of nitrogens with two attached hydrogens (primary N) is 1. The van der Waals surface area contributed by atoms with E-state index in [9.17, 15) is 5.11 Å². The van der Waals surface area contributed by atoms with Gasteiger partial charge in [-0.05, 0) is 29.7 Å². The number of fused-ring (bicyclic) bond motifs is 1. The summed E-state index contributed by atoms with van der Waals surface area (Å²) in [5.41, 5.74) is 3.16. The standard InChI is InChI=1S/C10H10N2O4S/c11-12-10-5-8(17-16-15-14)3-6-1-2-7(13)4-9(6)10/h1-5,12-14H,11H2. The number of hydrazine groups is 1. The topological polar surface area (TPSA) is 97.0 Å². The van der Waals surface area contributed by atoms with Crippen molar-refractivity contribution in [2.24, 2.45) is 5.84 Å². The first-order chi connectivity index (χ1) is 8.24. The molecule has 5 N–H and O–H groups in total. The molecule has 17 heavy (non-hydrogen) atoms. The largest absolute Gasteiger partial charge is 0.508 e. The summed E-state index contributed by atoms with van der Waals surface area (Å²) in [4.78, 5) is 0.685. The molecule has 0 aliphatic heterocycles. The van der Waals surface area contributed by atoms with Crippen molar-refractivity contribution in [3.63, 3.8) is 0 Å². The van der Waals surface area contributed by atoms with Crippen LogP contribution in [-0.4, -0.2) is 10.4 Å². The highest BCUT2D eigenvalue weighted by atomic mass is 32.2. The number of phenolic OH excluding ortho intramolecular Hbond substituents is 1. The van der Waals surface area contributed by atoms with Crippen molar-refractivity contribution in [3.05, 3.63) is 30.3 Å². The van der Waals surface area contributed by atoms with Crippen LogP contribution in [-0.2, 0) is 9.37 Å². The Bertz CT molecular complexity index is 535. The number of nitrogens with one attached hydrogen (secondary N) is 1. The number of phenols is 1. The van der Waals surface area contributed by atoms with Crippen LogP contribution in [0.25, 0.3) is 10.8 Å². The molecule has 2 rings (SSSR count). The van der Waals surface area contributed by atoms with Crippen LogP contribution in [0.4, 0.5) is 5.69 Å². The Morgan fingerprint density at radius 3 is 2.76 bits per heavy atom. The maximum atomic E-state index is 9.41. The van der Waals surface area contributed by atoms with Gasteiger partial charge in [0.1, 0.15) is 5.75 Å². The fourth-order valence-corrected chi connectivity index (χ4v) is 1.99. The average molecular weight is 254 g/mol. The van der Waals surface area contributed by atoms with Gasteiger partial charge in [0, 0.05) is 10.3 Å². The summed E-state index contributed by atoms with van der Waals surface area (Å²) in [6.07, 6.45) is 0. The Kier molecular flexibility index (Phi) is 3.67. The molecule has 0 amide bonds. The molecule has 2 aromatic rings. The molecule has 0 radical (unpaired) electrons. The molecule has 0 spiro atoms. The predicted molar refractivity (Wildman–Crippen MR) is 64.1 cm³/mol. The molecular weight excluding hydrogens is 244 g/mol. The van der Waals surface area contributed by atoms with Gasteiger partial charge in [-0.3, -0.25) is 5.84 Å². The van der Waals surface area contributed by atoms with E-state index in [-0.39, 0.29) is 5.75 Å². The molecule has 7 heteroatoms. The Balaban J connectivity index is 2.50. The molecule has 0 saturated carbocycles. The molecule has 0 aromatic heterocycles. The third kappa shape index (κ3) is 2.60. The van der Waals surface area contributed by atoms with E-state index in [1.54, 1.807) is 30.3 Å². The van der Waals surface area contributed by atoms with Gasteiger partial charge in [0.15, 0.2) is 0 Å². The van der Waals surface area contributed by atoms with Gasteiger partial charge in [-0.25, -0.2) is 5.26 Å². The smallest absolute Gasteiger partial charge is 0.116 e. The minimum Gasteiger partial charge on any atom is -0.508 e. The number of nitrogen functional groups attached to an aromatic ring is 1. The second-order valence-electron chi connectivity index (χ2n) is 3.25. The van der Waals surface area contributed by atoms with E-state index in [0.717, 1.165) is 22.8 Å². The first-order valence-corrected chi connectivity index (χ1v) is 5.37. The van der Waals surface area contributed by atoms with Crippen molar-refractivity contribution in [1.82, 2.24) is 0 Å². The lowest BCUT2D eigenvalue weighted by Gasteiger charge is -2.08. The minimum absolute atomic E-state index is 0.157. The lowest BCUT2D eigenvalue weighted by molar-refractivity contribution is -0.432. The van der Waals surface area contributed by atoms with Gasteiger partial charge < -0.3 is 10.5 Å². The van der Waals surface area contributed by atoms with Crippen LogP contribution in [0.1, 0.15) is 0 Å². The fourth-order valence-electron chi connectivity index (χ4n) is 1.54. The summed E-state index contributed by atoms with van der Waals surface area (Å²) in [6, 6.07) is 8.42. The molecule has 2 aromatic carbocycles. The SMILES string of the molecule is NNc1cc(SOOO)cc2ccc(O)cc12. The molecule has 0 aliphatic carbocycles. The van der Waals surface area contributed by atoms with E-state index in [0.29, 0.717) is 10.6 Å². The molecule has 0 unspecified atom stereocenters. The number of hydrogen-bond donors (Lipinski definition) is 4. The summed E-state index contributed by atoms with van der Waals surface area (Å²) >= 11 is 0.839. The molecule has 0 fully saturated rings. The van der Waals surface area contributed by atoms with Crippen molar-refractivity contribution < 1.29 is 19.7 Å². The van der Waals surface area contributed by atoms with E-state index in [2.05, 4.69) is 14.8 Å². The molecule has 0 heterocycles. The Morgan fingerprint density at radius 2 is 2.06 bits per heavy atom. The Hall–Kier alpha value is -1.51. The zero-order chi connectivity index (χ0) is 12.3. The van der Waals surface area contributed by atoms with E-state index >= 15 is 0 Å². The first-order valence-electron chi connectivity index (χ1n) is 4.63. The molecule has 0 aliphatic rings. The van der Waals surface area contributed by atoms with Gasteiger partial charge in [0.2, 0.25) is 0 Å². The predicted octanol–water partition coefficient (Wildman–Crippen LogP) is 2.26. The summed E-state index contributed by atoms with van der Waals surface area (Å²) in [5.74, 6) is 5.56. The number of benzene rings is 2. The monoisotopic (exact) mass is 254 g/mol. The summed E-state index contributed by atoms with van der Waals surface area (Å²) in [7, 11) is 0. The van der Waals surface area contributed by atoms with Crippen LogP contribution >= 0.6 is 12.0 Å². The molecule has 0 atom stereocenters. The van der Waals surface area contributed by atoms with Gasteiger partial charge in [-0.15, -0.1) is 4.33 Å². The van der Waals surface area contributed by atoms with Crippen LogP contribution in [0.5, 0.6) is 5.75 Å². The van der Waals surface area contributed by atoms with Crippen LogP contribution in [0, 0.1) is 0 Å². The maximum Gasteiger partial charge on any atom is 0.116 e. The number of aromatic hydroxyl groups is 1. The summed E-state index contributed by atoms with van der Waals surface area (Å²) in [5, 5.41) is 22.7. The highest BCUT2D eigenvalue weighted by Crippen LogP contribution is 2.32. The quantitative estimate of drug-likeness (QED) is 0.287. The van der Waals surface area contributed by atoms with Crippen LogP contribution in [0.3, 0.4) is 0 Å². The highest BCUT2D eigenvalue weighted by molar-refractivity contribution is 7.94. The summed E-state index contributed by atoms with van der Waals surface area (Å²) < 4.78 is 4.35. The second-order valence-corrected chi connectivity index (χ2v) is 4.02. The van der Waals surface area contributed by atoms with Gasteiger partial charge in [0.25, 0.3) is 0 Å². The maximum absolute atomic E-state index is 9.41. The van der Waals surface area contributed by atoms with Crippen molar-refractivity contribution in [2.75, 3.05) is 5.43 Å². The number of rotatable bonds is 4. The normalized spacial score (nSPS) is 10.7. The number of hydrogen-bond acceptors (Lipinski definition) is 7. The van der Waals surface area contributed by atoms with E-state index in [1.165, 1.54) is 0 Å². The second kappa shape index (κ2) is 5.21. The zero-order valence-corrected chi connectivity index (χ0v) is 9.40. The van der Waals surface area contributed by atoms with Crippen molar-refractivity contribution in [3.8, 4) is 5.75 Å². The van der Waals surface area contributed by atoms with E-state index in [1.807, 2.05) is 0 Å². The van der Waals surface area contributed by atoms with Crippen molar-refractivity contribution >= 4 is 28.5 Å². The fraction of sp³-hybridized carbons (Fsp3) is 0. The van der Waals surface area contributed by atoms with E-state index in [4.69, 9.17) is 11.1 Å². The van der Waals surface area contributed by atoms with Crippen molar-refractivity contribution in [2.45, 2.75) is 4.90 Å². The van der Waals surface area contributed by atoms with Gasteiger partial charge in [0.05, 0.1) is 17.7 Å². The minimum atomic E-state index is 0.157. The van der Waals surface area contributed by atoms with Crippen LogP contribution in [0.2, 0.25) is 0 Å². The first kappa shape index (κ1) is 12.0. The average Bonchev–Trinajstić information content (AvgIpc) is 2.35. The third-order valence-corrected chi connectivity index (χ3v) is 2.78. The Labute approximate surface area is 101 Å². The van der Waals surface area contributed by atoms with E-state index < -0.39 is 0 Å². The molecule has 0 bridgehead atoms. The summed E-state index contributed by atoms with van der Waals surface area (Å²) in [6.45, 7) is 0. The Morgan fingerprint density at radius 1 is 1.24 bits per heavy atom. The molecule has 90 valence electrons. The highest BCUT2D eigenvalue weighted by Gasteiger charge is 2.06. The van der Waals surface area contributed by atoms with Crippen molar-refractivity contribution in [1.29, 1.82) is 0 Å². The third-order valence-electron chi connectivity index (χ3n) is 2.23. The number of anilines is 1. The molecule has 0 saturated heterocycles. The van der Waals surface area contributed by atoms with Crippen LogP contribution < -0.4 is 11.3 Å². The van der Waals surface area contributed by atoms with Gasteiger partial charge in [-0.2, -0.15) is 0 Å². The molecular formula is C10H10N2O4S. The van der Waals surface area contributed by atoms with Crippen LogP contribution in [0.15, 0.2) is 35.2 Å². The molecule has 6 nitrogen and oxygen atoms in total. The lowest BCUT2D eigenvalue weighted by Crippen LogP contribution is -2.07. The van der Waals surface area contributed by atoms with Gasteiger partial charge in [-0.1, -0.05) is 11.1 Å². The zero-order valence-electron chi connectivity index (χ0n) is 8.58.